The van der Waals surface area contributed by atoms with Gasteiger partial charge in [0, 0.05) is 10.9 Å². The highest BCUT2D eigenvalue weighted by Gasteiger charge is 2.16. The molecule has 0 saturated carbocycles. The molecule has 0 aliphatic heterocycles. The molecular formula is C19H20O3. The smallest absolute Gasteiger partial charge is 0.205 e. The molecule has 0 atom stereocenters. The van der Waals surface area contributed by atoms with E-state index in [0.717, 1.165) is 22.3 Å². The van der Waals surface area contributed by atoms with E-state index in [2.05, 4.69) is 31.2 Å². The summed E-state index contributed by atoms with van der Waals surface area (Å²) in [4.78, 5) is 0. The minimum atomic E-state index is 0.0485. The molecule has 0 fully saturated rings. The average molecular weight is 296 g/mol. The maximum Gasteiger partial charge on any atom is 0.205 e. The van der Waals surface area contributed by atoms with E-state index in [-0.39, 0.29) is 6.10 Å². The van der Waals surface area contributed by atoms with Crippen LogP contribution in [0.25, 0.3) is 22.3 Å². The number of aryl methyl sites for hydroxylation is 1. The molecule has 0 radical (unpaired) electrons. The van der Waals surface area contributed by atoms with Crippen LogP contribution in [0.4, 0.5) is 0 Å². The minimum absolute atomic E-state index is 0.0485. The normalized spacial score (nSPS) is 11.1. The number of hydrogen-bond donors (Lipinski definition) is 0. The van der Waals surface area contributed by atoms with Crippen LogP contribution in [-0.4, -0.2) is 13.2 Å². The standard InChI is InChI=1S/C19H20O3/c1-12(2)21-19-16(20-4)10-9-15-11-17(22-18(15)19)14-7-5-13(3)6-8-14/h5-12H,1-4H3. The van der Waals surface area contributed by atoms with Gasteiger partial charge in [-0.15, -0.1) is 0 Å². The van der Waals surface area contributed by atoms with E-state index >= 15 is 0 Å². The summed E-state index contributed by atoms with van der Waals surface area (Å²) in [5.74, 6) is 2.18. The molecule has 0 bridgehead atoms. The van der Waals surface area contributed by atoms with Gasteiger partial charge in [-0.3, -0.25) is 0 Å². The van der Waals surface area contributed by atoms with Gasteiger partial charge in [0.15, 0.2) is 11.3 Å². The van der Waals surface area contributed by atoms with Gasteiger partial charge in [-0.05, 0) is 39.0 Å². The first-order valence-electron chi connectivity index (χ1n) is 7.42. The summed E-state index contributed by atoms with van der Waals surface area (Å²) < 4.78 is 17.4. The van der Waals surface area contributed by atoms with E-state index in [1.165, 1.54) is 5.56 Å². The zero-order chi connectivity index (χ0) is 15.7. The van der Waals surface area contributed by atoms with Crippen LogP contribution < -0.4 is 9.47 Å². The fourth-order valence-corrected chi connectivity index (χ4v) is 2.43. The zero-order valence-corrected chi connectivity index (χ0v) is 13.3. The molecule has 0 aliphatic carbocycles. The first-order chi connectivity index (χ1) is 10.6. The van der Waals surface area contributed by atoms with E-state index in [1.807, 2.05) is 32.0 Å². The Kier molecular flexibility index (Phi) is 3.80. The zero-order valence-electron chi connectivity index (χ0n) is 13.3. The van der Waals surface area contributed by atoms with Crippen LogP contribution in [0.15, 0.2) is 46.9 Å². The van der Waals surface area contributed by atoms with Crippen molar-refractivity contribution in [1.82, 2.24) is 0 Å². The highest BCUT2D eigenvalue weighted by Crippen LogP contribution is 2.40. The first kappa shape index (κ1) is 14.5. The van der Waals surface area contributed by atoms with Gasteiger partial charge >= 0.3 is 0 Å². The van der Waals surface area contributed by atoms with Gasteiger partial charge in [-0.25, -0.2) is 0 Å². The molecule has 3 nitrogen and oxygen atoms in total. The topological polar surface area (TPSA) is 31.6 Å². The summed E-state index contributed by atoms with van der Waals surface area (Å²) in [6, 6.07) is 14.2. The molecule has 0 saturated heterocycles. The summed E-state index contributed by atoms with van der Waals surface area (Å²) in [6.07, 6.45) is 0.0485. The van der Waals surface area contributed by atoms with Crippen molar-refractivity contribution in [3.8, 4) is 22.8 Å². The van der Waals surface area contributed by atoms with Gasteiger partial charge in [0.1, 0.15) is 5.76 Å². The van der Waals surface area contributed by atoms with Gasteiger partial charge in [-0.1, -0.05) is 29.8 Å². The molecule has 3 rings (SSSR count). The first-order valence-corrected chi connectivity index (χ1v) is 7.42. The second kappa shape index (κ2) is 5.76. The molecule has 0 N–H and O–H groups in total. The number of fused-ring (bicyclic) bond motifs is 1. The summed E-state index contributed by atoms with van der Waals surface area (Å²) in [5.41, 5.74) is 3.00. The van der Waals surface area contributed by atoms with Crippen molar-refractivity contribution in [2.45, 2.75) is 26.9 Å². The van der Waals surface area contributed by atoms with Gasteiger partial charge in [0.05, 0.1) is 13.2 Å². The molecule has 0 amide bonds. The highest BCUT2D eigenvalue weighted by atomic mass is 16.5. The van der Waals surface area contributed by atoms with Crippen LogP contribution >= 0.6 is 0 Å². The van der Waals surface area contributed by atoms with Crippen molar-refractivity contribution in [3.63, 3.8) is 0 Å². The Bertz CT molecular complexity index is 782. The molecule has 22 heavy (non-hydrogen) atoms. The lowest BCUT2D eigenvalue weighted by molar-refractivity contribution is 0.230. The Labute approximate surface area is 130 Å². The maximum absolute atomic E-state index is 6.06. The largest absolute Gasteiger partial charge is 0.493 e. The molecule has 3 aromatic rings. The molecular weight excluding hydrogens is 276 g/mol. The number of rotatable bonds is 4. The van der Waals surface area contributed by atoms with E-state index in [0.29, 0.717) is 11.5 Å². The monoisotopic (exact) mass is 296 g/mol. The van der Waals surface area contributed by atoms with Gasteiger partial charge < -0.3 is 13.9 Å². The second-order valence-corrected chi connectivity index (χ2v) is 5.66. The van der Waals surface area contributed by atoms with Crippen LogP contribution in [0.1, 0.15) is 19.4 Å². The third kappa shape index (κ3) is 2.67. The Balaban J connectivity index is 2.14. The van der Waals surface area contributed by atoms with Crippen molar-refractivity contribution in [3.05, 3.63) is 48.0 Å². The van der Waals surface area contributed by atoms with E-state index < -0.39 is 0 Å². The van der Waals surface area contributed by atoms with Crippen molar-refractivity contribution >= 4 is 11.0 Å². The Morgan fingerprint density at radius 2 is 1.73 bits per heavy atom. The Morgan fingerprint density at radius 3 is 2.36 bits per heavy atom. The summed E-state index contributed by atoms with van der Waals surface area (Å²) in [6.45, 7) is 6.05. The van der Waals surface area contributed by atoms with Crippen LogP contribution in [0, 0.1) is 6.92 Å². The molecule has 0 aliphatic rings. The Hall–Kier alpha value is -2.42. The summed E-state index contributed by atoms with van der Waals surface area (Å²) in [5, 5.41) is 1.01. The highest BCUT2D eigenvalue weighted by molar-refractivity contribution is 5.89. The summed E-state index contributed by atoms with van der Waals surface area (Å²) in [7, 11) is 1.64. The molecule has 0 unspecified atom stereocenters. The lowest BCUT2D eigenvalue weighted by Gasteiger charge is -2.13. The fourth-order valence-electron chi connectivity index (χ4n) is 2.43. The van der Waals surface area contributed by atoms with Crippen molar-refractivity contribution in [2.75, 3.05) is 7.11 Å². The Morgan fingerprint density at radius 1 is 1.00 bits per heavy atom. The molecule has 114 valence electrons. The number of benzene rings is 2. The summed E-state index contributed by atoms with van der Waals surface area (Å²) >= 11 is 0. The van der Waals surface area contributed by atoms with Crippen LogP contribution in [0.5, 0.6) is 11.5 Å². The van der Waals surface area contributed by atoms with E-state index in [4.69, 9.17) is 13.9 Å². The van der Waals surface area contributed by atoms with E-state index in [9.17, 15) is 0 Å². The SMILES string of the molecule is COc1ccc2cc(-c3ccc(C)cc3)oc2c1OC(C)C. The second-order valence-electron chi connectivity index (χ2n) is 5.66. The number of methoxy groups -OCH3 is 1. The number of hydrogen-bond acceptors (Lipinski definition) is 3. The molecule has 3 heteroatoms. The molecule has 1 heterocycles. The third-order valence-electron chi connectivity index (χ3n) is 3.51. The lowest BCUT2D eigenvalue weighted by atomic mass is 10.1. The third-order valence-corrected chi connectivity index (χ3v) is 3.51. The van der Waals surface area contributed by atoms with Gasteiger partial charge in [-0.2, -0.15) is 0 Å². The van der Waals surface area contributed by atoms with E-state index in [1.54, 1.807) is 7.11 Å². The predicted molar refractivity (Wildman–Crippen MR) is 88.7 cm³/mol. The average Bonchev–Trinajstić information content (AvgIpc) is 2.92. The van der Waals surface area contributed by atoms with Crippen LogP contribution in [0.3, 0.4) is 0 Å². The van der Waals surface area contributed by atoms with Crippen molar-refractivity contribution < 1.29 is 13.9 Å². The van der Waals surface area contributed by atoms with Gasteiger partial charge in [0.2, 0.25) is 5.75 Å². The van der Waals surface area contributed by atoms with Crippen LogP contribution in [-0.2, 0) is 0 Å². The van der Waals surface area contributed by atoms with Crippen molar-refractivity contribution in [2.24, 2.45) is 0 Å². The minimum Gasteiger partial charge on any atom is -0.493 e. The number of ether oxygens (including phenoxy) is 2. The molecule has 2 aromatic carbocycles. The maximum atomic E-state index is 6.06. The fraction of sp³-hybridized carbons (Fsp3) is 0.263. The predicted octanol–water partition coefficient (Wildman–Crippen LogP) is 5.20. The number of furan rings is 1. The van der Waals surface area contributed by atoms with Gasteiger partial charge in [0.25, 0.3) is 0 Å². The van der Waals surface area contributed by atoms with Crippen LogP contribution in [0.2, 0.25) is 0 Å². The molecule has 1 aromatic heterocycles. The lowest BCUT2D eigenvalue weighted by Crippen LogP contribution is -2.06. The quantitative estimate of drug-likeness (QED) is 0.662. The molecule has 0 spiro atoms. The van der Waals surface area contributed by atoms with Crippen molar-refractivity contribution in [1.29, 1.82) is 0 Å².